The molecular weight excluding hydrogens is 348 g/mol. The minimum atomic E-state index is -1.41. The van der Waals surface area contributed by atoms with Crippen molar-refractivity contribution in [2.75, 3.05) is 6.61 Å². The number of hydrogen-bond donors (Lipinski definition) is 1. The Kier molecular flexibility index (Phi) is 4.53. The van der Waals surface area contributed by atoms with Crippen molar-refractivity contribution >= 4 is 5.97 Å². The second-order valence-electron chi connectivity index (χ2n) is 7.25. The van der Waals surface area contributed by atoms with Crippen LogP contribution in [0.1, 0.15) is 30.5 Å². The lowest BCUT2D eigenvalue weighted by Gasteiger charge is -2.26. The summed E-state index contributed by atoms with van der Waals surface area (Å²) < 4.78 is 23.0. The molecule has 6 heteroatoms. The molecular formula is C21H22O6. The highest BCUT2D eigenvalue weighted by molar-refractivity contribution is 5.72. The third-order valence-corrected chi connectivity index (χ3v) is 4.71. The van der Waals surface area contributed by atoms with Crippen molar-refractivity contribution in [1.29, 1.82) is 0 Å². The van der Waals surface area contributed by atoms with Crippen molar-refractivity contribution < 1.29 is 28.8 Å². The van der Waals surface area contributed by atoms with Gasteiger partial charge in [0.25, 0.3) is 0 Å². The minimum absolute atomic E-state index is 0.114. The highest BCUT2D eigenvalue weighted by atomic mass is 16.7. The molecule has 0 amide bonds. The number of rotatable bonds is 3. The van der Waals surface area contributed by atoms with Gasteiger partial charge in [0.05, 0.1) is 12.7 Å². The predicted octanol–water partition coefficient (Wildman–Crippen LogP) is 3.15. The van der Waals surface area contributed by atoms with Crippen LogP contribution < -0.4 is 9.47 Å². The standard InChI is InChI=1S/C21H22O6/c1-21(2)24-12-16(27-21)11-15-8-5-7-14-10-13-6-3-4-9-17(13)25-20(19(22)23)26-18(14)15/h3-9,16,20H,10-12H2,1-2H3,(H,22,23). The van der Waals surface area contributed by atoms with E-state index >= 15 is 0 Å². The predicted molar refractivity (Wildman–Crippen MR) is 97.0 cm³/mol. The normalized spacial score (nSPS) is 23.2. The molecule has 2 aromatic rings. The molecule has 2 aliphatic heterocycles. The smallest absolute Gasteiger partial charge is 0.387 e. The summed E-state index contributed by atoms with van der Waals surface area (Å²) in [6, 6.07) is 13.3. The molecule has 0 aromatic heterocycles. The fourth-order valence-electron chi connectivity index (χ4n) is 3.52. The lowest BCUT2D eigenvalue weighted by Crippen LogP contribution is -2.35. The number of hydrogen-bond acceptors (Lipinski definition) is 5. The zero-order chi connectivity index (χ0) is 19.0. The highest BCUT2D eigenvalue weighted by Gasteiger charge is 2.34. The average molecular weight is 370 g/mol. The summed E-state index contributed by atoms with van der Waals surface area (Å²) in [5.41, 5.74) is 2.73. The summed E-state index contributed by atoms with van der Waals surface area (Å²) in [5.74, 6) is -0.711. The van der Waals surface area contributed by atoms with Gasteiger partial charge >= 0.3 is 12.3 Å². The maximum absolute atomic E-state index is 11.7. The maximum atomic E-state index is 11.7. The first kappa shape index (κ1) is 17.8. The van der Waals surface area contributed by atoms with Gasteiger partial charge in [0.15, 0.2) is 5.79 Å². The Morgan fingerprint density at radius 3 is 2.63 bits per heavy atom. The molecule has 2 aliphatic rings. The molecule has 0 radical (unpaired) electrons. The lowest BCUT2D eigenvalue weighted by atomic mass is 9.97. The molecule has 6 nitrogen and oxygen atoms in total. The Hall–Kier alpha value is -2.57. The fourth-order valence-corrected chi connectivity index (χ4v) is 3.52. The zero-order valence-electron chi connectivity index (χ0n) is 15.3. The van der Waals surface area contributed by atoms with Crippen LogP contribution >= 0.6 is 0 Å². The van der Waals surface area contributed by atoms with Crippen LogP contribution in [-0.2, 0) is 27.1 Å². The van der Waals surface area contributed by atoms with E-state index in [0.717, 1.165) is 16.7 Å². The van der Waals surface area contributed by atoms with Crippen LogP contribution in [0.25, 0.3) is 0 Å². The third kappa shape index (κ3) is 3.77. The number of aliphatic carboxylic acids is 1. The second-order valence-corrected chi connectivity index (χ2v) is 7.25. The van der Waals surface area contributed by atoms with Gasteiger partial charge in [-0.3, -0.25) is 0 Å². The molecule has 2 atom stereocenters. The third-order valence-electron chi connectivity index (χ3n) is 4.71. The number of carboxylic acid groups (broad SMARTS) is 1. The topological polar surface area (TPSA) is 74.2 Å². The van der Waals surface area contributed by atoms with Crippen molar-refractivity contribution in [2.24, 2.45) is 0 Å². The number of ether oxygens (including phenoxy) is 4. The number of carbonyl (C=O) groups is 1. The van der Waals surface area contributed by atoms with Crippen LogP contribution in [0.3, 0.4) is 0 Å². The van der Waals surface area contributed by atoms with Gasteiger partial charge in [0.2, 0.25) is 0 Å². The van der Waals surface area contributed by atoms with E-state index in [9.17, 15) is 9.90 Å². The SMILES string of the molecule is CC1(C)OCC(Cc2cccc3c2OC(C(=O)O)Oc2ccccc2C3)O1. The van der Waals surface area contributed by atoms with Crippen LogP contribution in [0.15, 0.2) is 42.5 Å². The Bertz CT molecular complexity index is 860. The summed E-state index contributed by atoms with van der Waals surface area (Å²) in [6.45, 7) is 4.24. The molecule has 142 valence electrons. The number of para-hydroxylation sites is 2. The van der Waals surface area contributed by atoms with Gasteiger partial charge in [-0.25, -0.2) is 4.79 Å². The molecule has 0 bridgehead atoms. The van der Waals surface area contributed by atoms with E-state index in [1.165, 1.54) is 0 Å². The van der Waals surface area contributed by atoms with Gasteiger partial charge in [0, 0.05) is 12.8 Å². The summed E-state index contributed by atoms with van der Waals surface area (Å²) in [7, 11) is 0. The molecule has 2 heterocycles. The van der Waals surface area contributed by atoms with Crippen molar-refractivity contribution in [1.82, 2.24) is 0 Å². The molecule has 2 aromatic carbocycles. The van der Waals surface area contributed by atoms with Crippen LogP contribution in [0.4, 0.5) is 0 Å². The molecule has 1 saturated heterocycles. The maximum Gasteiger partial charge on any atom is 0.387 e. The highest BCUT2D eigenvalue weighted by Crippen LogP contribution is 2.35. The Morgan fingerprint density at radius 2 is 1.89 bits per heavy atom. The van der Waals surface area contributed by atoms with Gasteiger partial charge < -0.3 is 24.1 Å². The van der Waals surface area contributed by atoms with Crippen LogP contribution in [0.2, 0.25) is 0 Å². The Morgan fingerprint density at radius 1 is 1.11 bits per heavy atom. The molecule has 27 heavy (non-hydrogen) atoms. The Balaban J connectivity index is 1.70. The van der Waals surface area contributed by atoms with Crippen molar-refractivity contribution in [3.63, 3.8) is 0 Å². The zero-order valence-corrected chi connectivity index (χ0v) is 15.3. The average Bonchev–Trinajstić information content (AvgIpc) is 2.94. The summed E-state index contributed by atoms with van der Waals surface area (Å²) in [4.78, 5) is 11.7. The van der Waals surface area contributed by atoms with Crippen LogP contribution in [0, 0.1) is 0 Å². The Labute approximate surface area is 157 Å². The molecule has 0 saturated carbocycles. The van der Waals surface area contributed by atoms with Crippen LogP contribution in [0.5, 0.6) is 11.5 Å². The van der Waals surface area contributed by atoms with Crippen molar-refractivity contribution in [2.45, 2.75) is 44.9 Å². The molecule has 0 aliphatic carbocycles. The summed E-state index contributed by atoms with van der Waals surface area (Å²) in [6.07, 6.45) is -0.361. The summed E-state index contributed by atoms with van der Waals surface area (Å²) >= 11 is 0. The first-order valence-electron chi connectivity index (χ1n) is 8.98. The van der Waals surface area contributed by atoms with E-state index in [1.807, 2.05) is 50.2 Å². The monoisotopic (exact) mass is 370 g/mol. The van der Waals surface area contributed by atoms with Crippen molar-refractivity contribution in [3.8, 4) is 11.5 Å². The van der Waals surface area contributed by atoms with Gasteiger partial charge in [-0.05, 0) is 36.6 Å². The molecule has 4 rings (SSSR count). The van der Waals surface area contributed by atoms with Crippen LogP contribution in [-0.4, -0.2) is 35.9 Å². The van der Waals surface area contributed by atoms with E-state index in [0.29, 0.717) is 30.9 Å². The fraction of sp³-hybridized carbons (Fsp3) is 0.381. The minimum Gasteiger partial charge on any atom is -0.476 e. The van der Waals surface area contributed by atoms with Crippen molar-refractivity contribution in [3.05, 3.63) is 59.2 Å². The van der Waals surface area contributed by atoms with E-state index < -0.39 is 18.0 Å². The van der Waals surface area contributed by atoms with E-state index in [1.54, 1.807) is 6.07 Å². The molecule has 2 unspecified atom stereocenters. The number of benzene rings is 2. The summed E-state index contributed by atoms with van der Waals surface area (Å²) in [5, 5.41) is 9.56. The molecule has 1 N–H and O–H groups in total. The molecule has 1 fully saturated rings. The van der Waals surface area contributed by atoms with Gasteiger partial charge in [-0.15, -0.1) is 0 Å². The van der Waals surface area contributed by atoms with E-state index in [4.69, 9.17) is 18.9 Å². The lowest BCUT2D eigenvalue weighted by molar-refractivity contribution is -0.158. The molecule has 0 spiro atoms. The van der Waals surface area contributed by atoms with Gasteiger partial charge in [-0.2, -0.15) is 0 Å². The first-order chi connectivity index (χ1) is 12.9. The second kappa shape index (κ2) is 6.87. The van der Waals surface area contributed by atoms with E-state index in [2.05, 4.69) is 0 Å². The largest absolute Gasteiger partial charge is 0.476 e. The van der Waals surface area contributed by atoms with E-state index in [-0.39, 0.29) is 6.10 Å². The van der Waals surface area contributed by atoms with Gasteiger partial charge in [0.1, 0.15) is 11.5 Å². The number of carboxylic acids is 1. The number of fused-ring (bicyclic) bond motifs is 2. The quantitative estimate of drug-likeness (QED) is 0.895. The van der Waals surface area contributed by atoms with Gasteiger partial charge in [-0.1, -0.05) is 36.4 Å². The first-order valence-corrected chi connectivity index (χ1v) is 8.98.